The summed E-state index contributed by atoms with van der Waals surface area (Å²) in [4.78, 5) is 8.78. The maximum Gasteiger partial charge on any atom is 0.229 e. The molecule has 0 saturated heterocycles. The van der Waals surface area contributed by atoms with Gasteiger partial charge in [-0.3, -0.25) is 0 Å². The van der Waals surface area contributed by atoms with E-state index in [9.17, 15) is 0 Å². The standard InChI is InChI=1S/C20H22N4O/c1-15-5-3-7-17(13-15)23-20-22-12-10-19(24-20)21-11-9-16-6-4-8-18(14-16)25-2/h3-8,10,12-14H,9,11H2,1-2H3,(H2,21,22,23,24). The fourth-order valence-electron chi connectivity index (χ4n) is 2.53. The zero-order chi connectivity index (χ0) is 17.5. The Kier molecular flexibility index (Phi) is 5.46. The van der Waals surface area contributed by atoms with Crippen molar-refractivity contribution in [3.63, 3.8) is 0 Å². The van der Waals surface area contributed by atoms with Gasteiger partial charge in [-0.1, -0.05) is 24.3 Å². The molecule has 0 spiro atoms. The fourth-order valence-corrected chi connectivity index (χ4v) is 2.53. The number of benzene rings is 2. The van der Waals surface area contributed by atoms with Crippen molar-refractivity contribution in [3.05, 3.63) is 71.9 Å². The molecule has 0 amide bonds. The van der Waals surface area contributed by atoms with Gasteiger partial charge >= 0.3 is 0 Å². The first-order valence-corrected chi connectivity index (χ1v) is 8.26. The zero-order valence-corrected chi connectivity index (χ0v) is 14.5. The van der Waals surface area contributed by atoms with Crippen LogP contribution in [0.4, 0.5) is 17.5 Å². The molecule has 2 N–H and O–H groups in total. The maximum absolute atomic E-state index is 5.25. The summed E-state index contributed by atoms with van der Waals surface area (Å²) in [5, 5.41) is 6.57. The van der Waals surface area contributed by atoms with Crippen molar-refractivity contribution >= 4 is 17.5 Å². The molecule has 25 heavy (non-hydrogen) atoms. The van der Waals surface area contributed by atoms with Crippen LogP contribution in [-0.4, -0.2) is 23.6 Å². The molecule has 0 saturated carbocycles. The van der Waals surface area contributed by atoms with Crippen LogP contribution in [0.5, 0.6) is 5.75 Å². The lowest BCUT2D eigenvalue weighted by atomic mass is 10.1. The number of hydrogen-bond acceptors (Lipinski definition) is 5. The van der Waals surface area contributed by atoms with E-state index in [0.29, 0.717) is 5.95 Å². The summed E-state index contributed by atoms with van der Waals surface area (Å²) in [6.07, 6.45) is 2.64. The number of aryl methyl sites for hydroxylation is 1. The Morgan fingerprint density at radius 3 is 2.76 bits per heavy atom. The van der Waals surface area contributed by atoms with Gasteiger partial charge in [-0.05, 0) is 54.8 Å². The highest BCUT2D eigenvalue weighted by Crippen LogP contribution is 2.16. The molecule has 0 radical (unpaired) electrons. The molecule has 0 aliphatic heterocycles. The molecule has 5 heteroatoms. The Hall–Kier alpha value is -3.08. The van der Waals surface area contributed by atoms with Crippen LogP contribution in [-0.2, 0) is 6.42 Å². The van der Waals surface area contributed by atoms with E-state index >= 15 is 0 Å². The molecule has 1 aromatic heterocycles. The summed E-state index contributed by atoms with van der Waals surface area (Å²) in [5.74, 6) is 2.26. The molecule has 0 unspecified atom stereocenters. The monoisotopic (exact) mass is 334 g/mol. The van der Waals surface area contributed by atoms with Crippen LogP contribution in [0.2, 0.25) is 0 Å². The van der Waals surface area contributed by atoms with Crippen molar-refractivity contribution in [2.45, 2.75) is 13.3 Å². The predicted molar refractivity (Wildman–Crippen MR) is 102 cm³/mol. The third-order valence-electron chi connectivity index (χ3n) is 3.78. The fraction of sp³-hybridized carbons (Fsp3) is 0.200. The van der Waals surface area contributed by atoms with E-state index in [1.807, 2.05) is 36.4 Å². The molecule has 5 nitrogen and oxygen atoms in total. The van der Waals surface area contributed by atoms with Crippen LogP contribution in [0.1, 0.15) is 11.1 Å². The van der Waals surface area contributed by atoms with E-state index < -0.39 is 0 Å². The lowest BCUT2D eigenvalue weighted by Crippen LogP contribution is -2.08. The number of nitrogens with zero attached hydrogens (tertiary/aromatic N) is 2. The normalized spacial score (nSPS) is 10.3. The van der Waals surface area contributed by atoms with Gasteiger partial charge in [-0.2, -0.15) is 4.98 Å². The molecular weight excluding hydrogens is 312 g/mol. The molecule has 0 bridgehead atoms. The minimum atomic E-state index is 0.581. The number of rotatable bonds is 7. The Morgan fingerprint density at radius 1 is 1.04 bits per heavy atom. The summed E-state index contributed by atoms with van der Waals surface area (Å²) >= 11 is 0. The lowest BCUT2D eigenvalue weighted by molar-refractivity contribution is 0.414. The number of methoxy groups -OCH3 is 1. The summed E-state index contributed by atoms with van der Waals surface area (Å²) < 4.78 is 5.25. The summed E-state index contributed by atoms with van der Waals surface area (Å²) in [5.41, 5.74) is 3.39. The van der Waals surface area contributed by atoms with E-state index in [1.54, 1.807) is 13.3 Å². The average molecular weight is 334 g/mol. The zero-order valence-electron chi connectivity index (χ0n) is 14.5. The third kappa shape index (κ3) is 4.94. The van der Waals surface area contributed by atoms with Crippen LogP contribution in [0, 0.1) is 6.92 Å². The first-order valence-electron chi connectivity index (χ1n) is 8.26. The first-order chi connectivity index (χ1) is 12.2. The Balaban J connectivity index is 1.58. The molecular formula is C20H22N4O. The molecule has 1 heterocycles. The molecule has 0 aliphatic carbocycles. The second kappa shape index (κ2) is 8.15. The third-order valence-corrected chi connectivity index (χ3v) is 3.78. The average Bonchev–Trinajstić information content (AvgIpc) is 2.62. The van der Waals surface area contributed by atoms with E-state index in [4.69, 9.17) is 4.74 Å². The highest BCUT2D eigenvalue weighted by Gasteiger charge is 2.01. The van der Waals surface area contributed by atoms with Crippen molar-refractivity contribution in [2.24, 2.45) is 0 Å². The van der Waals surface area contributed by atoms with Crippen LogP contribution >= 0.6 is 0 Å². The van der Waals surface area contributed by atoms with E-state index in [2.05, 4.69) is 45.7 Å². The predicted octanol–water partition coefficient (Wildman–Crippen LogP) is 4.19. The maximum atomic E-state index is 5.25. The minimum Gasteiger partial charge on any atom is -0.497 e. The van der Waals surface area contributed by atoms with Gasteiger partial charge in [0.15, 0.2) is 0 Å². The van der Waals surface area contributed by atoms with Gasteiger partial charge in [0.05, 0.1) is 7.11 Å². The molecule has 3 rings (SSSR count). The SMILES string of the molecule is COc1cccc(CCNc2ccnc(Nc3cccc(C)c3)n2)c1. The molecule has 3 aromatic rings. The quantitative estimate of drug-likeness (QED) is 0.678. The molecule has 0 atom stereocenters. The van der Waals surface area contributed by atoms with Gasteiger partial charge in [-0.25, -0.2) is 4.98 Å². The van der Waals surface area contributed by atoms with Crippen LogP contribution in [0.3, 0.4) is 0 Å². The highest BCUT2D eigenvalue weighted by atomic mass is 16.5. The highest BCUT2D eigenvalue weighted by molar-refractivity contribution is 5.55. The van der Waals surface area contributed by atoms with Crippen molar-refractivity contribution in [3.8, 4) is 5.75 Å². The largest absolute Gasteiger partial charge is 0.497 e. The molecule has 128 valence electrons. The smallest absolute Gasteiger partial charge is 0.229 e. The lowest BCUT2D eigenvalue weighted by Gasteiger charge is -2.09. The number of aromatic nitrogens is 2. The molecule has 2 aromatic carbocycles. The number of ether oxygens (including phenoxy) is 1. The number of anilines is 3. The Bertz CT molecular complexity index is 835. The Labute approximate surface area is 148 Å². The van der Waals surface area contributed by atoms with Crippen LogP contribution in [0.15, 0.2) is 60.8 Å². The van der Waals surface area contributed by atoms with Crippen LogP contribution < -0.4 is 15.4 Å². The summed E-state index contributed by atoms with van der Waals surface area (Å²) in [6.45, 7) is 2.84. The van der Waals surface area contributed by atoms with Crippen LogP contribution in [0.25, 0.3) is 0 Å². The van der Waals surface area contributed by atoms with E-state index in [-0.39, 0.29) is 0 Å². The molecule has 0 aliphatic rings. The van der Waals surface area contributed by atoms with E-state index in [1.165, 1.54) is 11.1 Å². The van der Waals surface area contributed by atoms with Gasteiger partial charge in [-0.15, -0.1) is 0 Å². The van der Waals surface area contributed by atoms with Gasteiger partial charge < -0.3 is 15.4 Å². The minimum absolute atomic E-state index is 0.581. The van der Waals surface area contributed by atoms with Gasteiger partial charge in [0.2, 0.25) is 5.95 Å². The van der Waals surface area contributed by atoms with Crippen molar-refractivity contribution in [1.82, 2.24) is 9.97 Å². The van der Waals surface area contributed by atoms with E-state index in [0.717, 1.165) is 30.2 Å². The second-order valence-corrected chi connectivity index (χ2v) is 5.79. The van der Waals surface area contributed by atoms with Gasteiger partial charge in [0, 0.05) is 18.4 Å². The van der Waals surface area contributed by atoms with Gasteiger partial charge in [0.25, 0.3) is 0 Å². The number of hydrogen-bond donors (Lipinski definition) is 2. The summed E-state index contributed by atoms with van der Waals surface area (Å²) in [6, 6.07) is 18.1. The molecule has 0 fully saturated rings. The van der Waals surface area contributed by atoms with Crippen molar-refractivity contribution in [1.29, 1.82) is 0 Å². The van der Waals surface area contributed by atoms with Crippen molar-refractivity contribution < 1.29 is 4.74 Å². The summed E-state index contributed by atoms with van der Waals surface area (Å²) in [7, 11) is 1.68. The first kappa shape index (κ1) is 16.8. The number of nitrogens with one attached hydrogen (secondary N) is 2. The second-order valence-electron chi connectivity index (χ2n) is 5.79. The topological polar surface area (TPSA) is 59.1 Å². The Morgan fingerprint density at radius 2 is 1.92 bits per heavy atom. The van der Waals surface area contributed by atoms with Crippen molar-refractivity contribution in [2.75, 3.05) is 24.3 Å². The van der Waals surface area contributed by atoms with Gasteiger partial charge in [0.1, 0.15) is 11.6 Å².